The van der Waals surface area contributed by atoms with E-state index >= 15 is 0 Å². The van der Waals surface area contributed by atoms with Crippen LogP contribution >= 0.6 is 0 Å². The van der Waals surface area contributed by atoms with E-state index < -0.39 is 16.1 Å². The Balaban J connectivity index is 1.74. The number of anilines is 3. The normalized spacial score (nSPS) is 16.6. The first-order chi connectivity index (χ1) is 13.9. The molecule has 3 rings (SSSR count). The van der Waals surface area contributed by atoms with E-state index in [0.29, 0.717) is 36.6 Å². The number of sulfonamides is 1. The zero-order valence-corrected chi connectivity index (χ0v) is 16.7. The lowest BCUT2D eigenvalue weighted by Crippen LogP contribution is -2.27. The van der Waals surface area contributed by atoms with Crippen molar-refractivity contribution in [2.45, 2.75) is 17.4 Å². The molecule has 0 saturated carbocycles. The van der Waals surface area contributed by atoms with Crippen LogP contribution in [0.3, 0.4) is 0 Å². The summed E-state index contributed by atoms with van der Waals surface area (Å²) in [5.41, 5.74) is 0.922. The second kappa shape index (κ2) is 9.15. The van der Waals surface area contributed by atoms with E-state index in [1.54, 1.807) is 12.1 Å². The molecule has 11 heteroatoms. The molecule has 154 valence electrons. The third kappa shape index (κ3) is 5.18. The summed E-state index contributed by atoms with van der Waals surface area (Å²) in [7, 11) is -2.11. The number of benzene rings is 1. The summed E-state index contributed by atoms with van der Waals surface area (Å²) >= 11 is 0. The molecule has 1 aliphatic rings. The van der Waals surface area contributed by atoms with Crippen LogP contribution in [0.15, 0.2) is 35.4 Å². The molecule has 0 spiro atoms. The molecular formula is C18H22N6O4S. The molecule has 0 amide bonds. The van der Waals surface area contributed by atoms with Crippen molar-refractivity contribution >= 4 is 27.5 Å². The van der Waals surface area contributed by atoms with Crippen LogP contribution in [0, 0.1) is 11.3 Å². The largest absolute Gasteiger partial charge is 0.391 e. The Morgan fingerprint density at radius 2 is 2.14 bits per heavy atom. The molecule has 1 atom stereocenters. The molecule has 1 fully saturated rings. The number of aromatic nitrogens is 2. The minimum Gasteiger partial charge on any atom is -0.391 e. The summed E-state index contributed by atoms with van der Waals surface area (Å²) in [5, 5.41) is 22.0. The number of nitrogens with one attached hydrogen (secondary N) is 2. The van der Waals surface area contributed by atoms with Crippen LogP contribution in [0.2, 0.25) is 0 Å². The molecule has 1 aromatic carbocycles. The SMILES string of the molecule is COCCNS(=O)(=O)c1ccc(Nc2ncc(C#N)c(N3CCC(O)C3)n2)cc1. The fraction of sp³-hybridized carbons (Fsp3) is 0.389. The maximum atomic E-state index is 12.2. The number of methoxy groups -OCH3 is 1. The van der Waals surface area contributed by atoms with Gasteiger partial charge in [-0.05, 0) is 30.7 Å². The predicted molar refractivity (Wildman–Crippen MR) is 106 cm³/mol. The summed E-state index contributed by atoms with van der Waals surface area (Å²) < 4.78 is 31.7. The van der Waals surface area contributed by atoms with Crippen molar-refractivity contribution in [2.75, 3.05) is 43.6 Å². The van der Waals surface area contributed by atoms with Crippen LogP contribution in [0.5, 0.6) is 0 Å². The molecule has 2 heterocycles. The van der Waals surface area contributed by atoms with Gasteiger partial charge in [-0.25, -0.2) is 18.1 Å². The van der Waals surface area contributed by atoms with Gasteiger partial charge in [-0.15, -0.1) is 0 Å². The number of aliphatic hydroxyl groups excluding tert-OH is 1. The van der Waals surface area contributed by atoms with E-state index in [9.17, 15) is 18.8 Å². The highest BCUT2D eigenvalue weighted by Gasteiger charge is 2.24. The Morgan fingerprint density at radius 3 is 2.76 bits per heavy atom. The zero-order chi connectivity index (χ0) is 20.9. The molecule has 29 heavy (non-hydrogen) atoms. The minimum absolute atomic E-state index is 0.131. The van der Waals surface area contributed by atoms with E-state index in [1.807, 2.05) is 4.90 Å². The molecule has 1 saturated heterocycles. The van der Waals surface area contributed by atoms with Crippen molar-refractivity contribution in [2.24, 2.45) is 0 Å². The Bertz CT molecular complexity index is 990. The smallest absolute Gasteiger partial charge is 0.240 e. The van der Waals surface area contributed by atoms with Gasteiger partial charge in [-0.3, -0.25) is 0 Å². The number of rotatable bonds is 8. The van der Waals surface area contributed by atoms with Gasteiger partial charge in [0.25, 0.3) is 0 Å². The van der Waals surface area contributed by atoms with Gasteiger partial charge in [0.2, 0.25) is 16.0 Å². The van der Waals surface area contributed by atoms with Gasteiger partial charge in [-0.1, -0.05) is 0 Å². The van der Waals surface area contributed by atoms with E-state index in [4.69, 9.17) is 4.74 Å². The highest BCUT2D eigenvalue weighted by molar-refractivity contribution is 7.89. The third-order valence-corrected chi connectivity index (χ3v) is 5.85. The maximum Gasteiger partial charge on any atom is 0.240 e. The van der Waals surface area contributed by atoms with E-state index in [0.717, 1.165) is 0 Å². The van der Waals surface area contributed by atoms with Crippen molar-refractivity contribution in [3.63, 3.8) is 0 Å². The fourth-order valence-corrected chi connectivity index (χ4v) is 3.91. The Kier molecular flexibility index (Phi) is 6.60. The Morgan fingerprint density at radius 1 is 1.38 bits per heavy atom. The molecule has 0 aliphatic carbocycles. The lowest BCUT2D eigenvalue weighted by molar-refractivity contribution is 0.198. The van der Waals surface area contributed by atoms with Crippen molar-refractivity contribution in [1.29, 1.82) is 5.26 Å². The topological polar surface area (TPSA) is 140 Å². The molecule has 1 aromatic heterocycles. The zero-order valence-electron chi connectivity index (χ0n) is 15.9. The quantitative estimate of drug-likeness (QED) is 0.525. The number of hydrogen-bond acceptors (Lipinski definition) is 9. The van der Waals surface area contributed by atoms with Gasteiger partial charge >= 0.3 is 0 Å². The molecule has 10 nitrogen and oxygen atoms in total. The van der Waals surface area contributed by atoms with E-state index in [1.165, 1.54) is 25.4 Å². The van der Waals surface area contributed by atoms with Crippen molar-refractivity contribution in [1.82, 2.24) is 14.7 Å². The third-order valence-electron chi connectivity index (χ3n) is 4.37. The Labute approximate surface area is 169 Å². The monoisotopic (exact) mass is 418 g/mol. The predicted octanol–water partition coefficient (Wildman–Crippen LogP) is 0.588. The fourth-order valence-electron chi connectivity index (χ4n) is 2.90. The highest BCUT2D eigenvalue weighted by Crippen LogP contribution is 2.24. The Hall–Kier alpha value is -2.78. The van der Waals surface area contributed by atoms with Crippen LogP contribution in [0.25, 0.3) is 0 Å². The van der Waals surface area contributed by atoms with Crippen molar-refractivity contribution in [3.05, 3.63) is 36.0 Å². The number of ether oxygens (including phenoxy) is 1. The summed E-state index contributed by atoms with van der Waals surface area (Å²) in [6.07, 6.45) is 1.60. The van der Waals surface area contributed by atoms with Crippen LogP contribution in [0.1, 0.15) is 12.0 Å². The standard InChI is InChI=1S/C18H22N6O4S/c1-28-9-7-21-29(26,27)16-4-2-14(3-5-16)22-18-20-11-13(10-19)17(23-18)24-8-6-15(25)12-24/h2-5,11,15,21,25H,6-9,12H2,1H3,(H,20,22,23). The van der Waals surface area contributed by atoms with E-state index in [2.05, 4.69) is 26.1 Å². The van der Waals surface area contributed by atoms with Gasteiger partial charge in [0.05, 0.1) is 23.8 Å². The van der Waals surface area contributed by atoms with Gasteiger partial charge in [0.15, 0.2) is 5.82 Å². The van der Waals surface area contributed by atoms with Gasteiger partial charge < -0.3 is 20.1 Å². The molecule has 1 unspecified atom stereocenters. The number of β-amino-alcohol motifs (C(OH)–C–C–N with tert-alkyl or cyclic N) is 1. The number of aliphatic hydroxyl groups is 1. The second-order valence-corrected chi connectivity index (χ2v) is 8.24. The molecule has 1 aliphatic heterocycles. The summed E-state index contributed by atoms with van der Waals surface area (Å²) in [5.74, 6) is 0.734. The molecule has 0 radical (unpaired) electrons. The first-order valence-corrected chi connectivity index (χ1v) is 10.5. The van der Waals surface area contributed by atoms with Gasteiger partial charge in [0, 0.05) is 32.4 Å². The number of hydrogen-bond donors (Lipinski definition) is 3. The minimum atomic E-state index is -3.61. The lowest BCUT2D eigenvalue weighted by Gasteiger charge is -2.18. The number of nitrogens with zero attached hydrogens (tertiary/aromatic N) is 4. The molecular weight excluding hydrogens is 396 g/mol. The summed E-state index contributed by atoms with van der Waals surface area (Å²) in [6, 6.07) is 8.21. The number of nitriles is 1. The average molecular weight is 418 g/mol. The summed E-state index contributed by atoms with van der Waals surface area (Å²) in [4.78, 5) is 10.5. The van der Waals surface area contributed by atoms with Crippen molar-refractivity contribution < 1.29 is 18.3 Å². The lowest BCUT2D eigenvalue weighted by atomic mass is 10.3. The highest BCUT2D eigenvalue weighted by atomic mass is 32.2. The molecule has 0 bridgehead atoms. The first kappa shape index (κ1) is 20.9. The van der Waals surface area contributed by atoms with Crippen LogP contribution < -0.4 is 14.9 Å². The second-order valence-electron chi connectivity index (χ2n) is 6.47. The van der Waals surface area contributed by atoms with Crippen molar-refractivity contribution in [3.8, 4) is 6.07 Å². The first-order valence-electron chi connectivity index (χ1n) is 8.99. The maximum absolute atomic E-state index is 12.2. The van der Waals surface area contributed by atoms with Gasteiger partial charge in [-0.2, -0.15) is 10.2 Å². The summed E-state index contributed by atoms with van der Waals surface area (Å²) in [6.45, 7) is 1.49. The van der Waals surface area contributed by atoms with Crippen LogP contribution in [-0.4, -0.2) is 62.9 Å². The van der Waals surface area contributed by atoms with E-state index in [-0.39, 0.29) is 24.0 Å². The van der Waals surface area contributed by atoms with Gasteiger partial charge in [0.1, 0.15) is 11.6 Å². The molecule has 3 N–H and O–H groups in total. The van der Waals surface area contributed by atoms with Crippen LogP contribution in [-0.2, 0) is 14.8 Å². The molecule has 2 aromatic rings. The van der Waals surface area contributed by atoms with Crippen LogP contribution in [0.4, 0.5) is 17.5 Å². The average Bonchev–Trinajstić information content (AvgIpc) is 3.15.